The number of amides is 1. The number of carbonyl (C=O) groups is 1. The van der Waals surface area contributed by atoms with Gasteiger partial charge in [-0.25, -0.2) is 9.98 Å². The molecule has 1 aromatic rings. The summed E-state index contributed by atoms with van der Waals surface area (Å²) in [7, 11) is 3.67. The van der Waals surface area contributed by atoms with Gasteiger partial charge in [0.2, 0.25) is 5.91 Å². The number of aliphatic hydroxyl groups is 1. The van der Waals surface area contributed by atoms with Crippen molar-refractivity contribution in [2.45, 2.75) is 40.2 Å². The fourth-order valence-corrected chi connectivity index (χ4v) is 1.92. The Morgan fingerprint density at radius 2 is 2.00 bits per heavy atom. The second-order valence-corrected chi connectivity index (χ2v) is 6.34. The summed E-state index contributed by atoms with van der Waals surface area (Å²) in [6, 6.07) is 0. The van der Waals surface area contributed by atoms with Crippen LogP contribution in [0.4, 0.5) is 5.82 Å². The van der Waals surface area contributed by atoms with Gasteiger partial charge in [-0.15, -0.1) is 11.3 Å². The smallest absolute Gasteiger partial charge is 0.248 e. The maximum Gasteiger partial charge on any atom is 0.248 e. The van der Waals surface area contributed by atoms with Gasteiger partial charge in [0.1, 0.15) is 10.6 Å². The Hall–Kier alpha value is -1.89. The van der Waals surface area contributed by atoms with E-state index in [1.165, 1.54) is 11.3 Å². The molecular formula is C15H26N4O2S. The second-order valence-electron chi connectivity index (χ2n) is 5.48. The van der Waals surface area contributed by atoms with Gasteiger partial charge in [-0.05, 0) is 20.8 Å². The maximum atomic E-state index is 11.7. The minimum atomic E-state index is -0.356. The average molecular weight is 326 g/mol. The molecule has 0 aliphatic heterocycles. The van der Waals surface area contributed by atoms with Crippen LogP contribution in [0.1, 0.15) is 39.5 Å². The third-order valence-corrected chi connectivity index (χ3v) is 2.80. The first-order valence-electron chi connectivity index (χ1n) is 7.06. The minimum Gasteiger partial charge on any atom is -0.506 e. The lowest BCUT2D eigenvalue weighted by atomic mass is 10.1. The van der Waals surface area contributed by atoms with Crippen LogP contribution in [-0.2, 0) is 4.79 Å². The Morgan fingerprint density at radius 1 is 1.41 bits per heavy atom. The topological polar surface area (TPSA) is 77.8 Å². The van der Waals surface area contributed by atoms with Crippen LogP contribution < -0.4 is 5.32 Å². The Morgan fingerprint density at radius 3 is 2.50 bits per heavy atom. The Labute approximate surface area is 136 Å². The van der Waals surface area contributed by atoms with Gasteiger partial charge in [0.05, 0.1) is 11.8 Å². The molecule has 2 N–H and O–H groups in total. The van der Waals surface area contributed by atoms with Gasteiger partial charge in [-0.3, -0.25) is 4.79 Å². The van der Waals surface area contributed by atoms with Gasteiger partial charge in [-0.2, -0.15) is 0 Å². The number of hydrogen-bond donors (Lipinski definition) is 2. The van der Waals surface area contributed by atoms with Gasteiger partial charge >= 0.3 is 0 Å². The maximum absolute atomic E-state index is 11.7. The number of nitrogens with zero attached hydrogens (tertiary/aromatic N) is 3. The van der Waals surface area contributed by atoms with E-state index in [9.17, 15) is 9.90 Å². The Balaban J connectivity index is 0.00000211. The first kappa shape index (κ1) is 20.1. The molecular weight excluding hydrogens is 300 g/mol. The van der Waals surface area contributed by atoms with E-state index in [0.29, 0.717) is 10.7 Å². The molecule has 0 aromatic carbocycles. The average Bonchev–Trinajstić information content (AvgIpc) is 2.84. The SMILES string of the molecule is CC.CN(C)/C=N/c1ncsc1/C(O)=C/C(=O)NC(C)(C)C. The molecule has 0 bridgehead atoms. The molecule has 1 rings (SSSR count). The molecule has 0 unspecified atom stereocenters. The van der Waals surface area contributed by atoms with Crippen LogP contribution in [-0.4, -0.2) is 46.9 Å². The van der Waals surface area contributed by atoms with E-state index in [2.05, 4.69) is 15.3 Å². The molecule has 1 aromatic heterocycles. The summed E-state index contributed by atoms with van der Waals surface area (Å²) in [5.41, 5.74) is 1.22. The number of hydrogen-bond acceptors (Lipinski definition) is 5. The van der Waals surface area contributed by atoms with Crippen LogP contribution in [0.3, 0.4) is 0 Å². The molecule has 0 aliphatic carbocycles. The normalized spacial score (nSPS) is 11.9. The zero-order chi connectivity index (χ0) is 17.3. The number of aliphatic imine (C=N–C) groups is 1. The molecule has 7 heteroatoms. The van der Waals surface area contributed by atoms with Crippen molar-refractivity contribution in [1.82, 2.24) is 15.2 Å². The molecule has 1 heterocycles. The lowest BCUT2D eigenvalue weighted by molar-refractivity contribution is -0.117. The van der Waals surface area contributed by atoms with Crippen molar-refractivity contribution in [1.29, 1.82) is 0 Å². The molecule has 0 atom stereocenters. The molecule has 0 spiro atoms. The monoisotopic (exact) mass is 326 g/mol. The zero-order valence-corrected chi connectivity index (χ0v) is 15.2. The standard InChI is InChI=1S/C13H20N4O2S.C2H6/c1-13(2,3)16-10(19)6-9(18)11-12(15-8-20-11)14-7-17(4)5;1-2/h6-8,18H,1-5H3,(H,16,19);1-2H3/b9-6-,14-7+;. The zero-order valence-electron chi connectivity index (χ0n) is 14.3. The van der Waals surface area contributed by atoms with E-state index in [4.69, 9.17) is 0 Å². The summed E-state index contributed by atoms with van der Waals surface area (Å²) in [6.07, 6.45) is 2.73. The van der Waals surface area contributed by atoms with E-state index < -0.39 is 0 Å². The Kier molecular flexibility index (Phi) is 8.40. The summed E-state index contributed by atoms with van der Waals surface area (Å²) < 4.78 is 0. The van der Waals surface area contributed by atoms with Crippen molar-refractivity contribution < 1.29 is 9.90 Å². The van der Waals surface area contributed by atoms with Crippen LogP contribution in [0.25, 0.3) is 5.76 Å². The van der Waals surface area contributed by atoms with Crippen LogP contribution in [0.15, 0.2) is 16.6 Å². The van der Waals surface area contributed by atoms with Crippen molar-refractivity contribution in [2.24, 2.45) is 4.99 Å². The summed E-state index contributed by atoms with van der Waals surface area (Å²) in [6.45, 7) is 9.61. The lowest BCUT2D eigenvalue weighted by Crippen LogP contribution is -2.39. The molecule has 0 fully saturated rings. The van der Waals surface area contributed by atoms with Gasteiger partial charge < -0.3 is 15.3 Å². The van der Waals surface area contributed by atoms with E-state index in [1.807, 2.05) is 48.7 Å². The highest BCUT2D eigenvalue weighted by molar-refractivity contribution is 7.11. The van der Waals surface area contributed by atoms with Crippen molar-refractivity contribution in [2.75, 3.05) is 14.1 Å². The molecule has 0 saturated heterocycles. The number of aromatic nitrogens is 1. The van der Waals surface area contributed by atoms with Gasteiger partial charge in [0, 0.05) is 25.7 Å². The van der Waals surface area contributed by atoms with Crippen LogP contribution >= 0.6 is 11.3 Å². The quantitative estimate of drug-likeness (QED) is 0.385. The van der Waals surface area contributed by atoms with Gasteiger partial charge in [0.15, 0.2) is 5.82 Å². The van der Waals surface area contributed by atoms with E-state index in [1.54, 1.807) is 16.7 Å². The highest BCUT2D eigenvalue weighted by Gasteiger charge is 2.15. The molecule has 0 aliphatic rings. The van der Waals surface area contributed by atoms with Crippen LogP contribution in [0, 0.1) is 0 Å². The number of thiazole rings is 1. The minimum absolute atomic E-state index is 0.139. The summed E-state index contributed by atoms with van der Waals surface area (Å²) >= 11 is 1.23. The highest BCUT2D eigenvalue weighted by atomic mass is 32.1. The third kappa shape index (κ3) is 7.78. The van der Waals surface area contributed by atoms with Crippen LogP contribution in [0.2, 0.25) is 0 Å². The van der Waals surface area contributed by atoms with Crippen molar-refractivity contribution in [3.63, 3.8) is 0 Å². The molecule has 0 saturated carbocycles. The largest absolute Gasteiger partial charge is 0.506 e. The van der Waals surface area contributed by atoms with Crippen molar-refractivity contribution >= 4 is 35.2 Å². The predicted molar refractivity (Wildman–Crippen MR) is 93.8 cm³/mol. The molecule has 0 radical (unpaired) electrons. The fraction of sp³-hybridized carbons (Fsp3) is 0.533. The van der Waals surface area contributed by atoms with Gasteiger partial charge in [-0.1, -0.05) is 13.8 Å². The number of aliphatic hydroxyl groups excluding tert-OH is 1. The van der Waals surface area contributed by atoms with Gasteiger partial charge in [0.25, 0.3) is 0 Å². The number of rotatable bonds is 4. The first-order chi connectivity index (χ1) is 10.2. The van der Waals surface area contributed by atoms with E-state index >= 15 is 0 Å². The predicted octanol–water partition coefficient (Wildman–Crippen LogP) is 3.20. The van der Waals surface area contributed by atoms with Crippen molar-refractivity contribution in [3.8, 4) is 0 Å². The number of carbonyl (C=O) groups excluding carboxylic acids is 1. The summed E-state index contributed by atoms with van der Waals surface area (Å²) in [5, 5.41) is 12.7. The lowest BCUT2D eigenvalue weighted by Gasteiger charge is -2.19. The number of nitrogens with one attached hydrogen (secondary N) is 1. The first-order valence-corrected chi connectivity index (χ1v) is 7.94. The fourth-order valence-electron chi connectivity index (χ4n) is 1.27. The highest BCUT2D eigenvalue weighted by Crippen LogP contribution is 2.27. The Bertz CT molecular complexity index is 528. The van der Waals surface area contributed by atoms with E-state index in [-0.39, 0.29) is 17.2 Å². The second kappa shape index (κ2) is 9.19. The van der Waals surface area contributed by atoms with Crippen molar-refractivity contribution in [3.05, 3.63) is 16.5 Å². The molecule has 124 valence electrons. The summed E-state index contributed by atoms with van der Waals surface area (Å²) in [5.74, 6) is -0.105. The third-order valence-electron chi connectivity index (χ3n) is 1.96. The molecule has 6 nitrogen and oxygen atoms in total. The molecule has 22 heavy (non-hydrogen) atoms. The van der Waals surface area contributed by atoms with Crippen LogP contribution in [0.5, 0.6) is 0 Å². The molecule has 1 amide bonds. The van der Waals surface area contributed by atoms with E-state index in [0.717, 1.165) is 6.08 Å². The summed E-state index contributed by atoms with van der Waals surface area (Å²) in [4.78, 5) is 22.1.